The molecule has 0 heterocycles. The van der Waals surface area contributed by atoms with E-state index in [1.54, 1.807) is 0 Å². The number of phosphoric ester groups is 1. The van der Waals surface area contributed by atoms with E-state index in [0.717, 1.165) is 83.5 Å². The average Bonchev–Trinajstić information content (AvgIpc) is 3.30. The summed E-state index contributed by atoms with van der Waals surface area (Å²) >= 11 is 0. The molecule has 0 radical (unpaired) electrons. The summed E-state index contributed by atoms with van der Waals surface area (Å²) in [6.45, 7) is 4.26. The lowest BCUT2D eigenvalue weighted by Crippen LogP contribution is -2.37. The molecule has 0 aromatic rings. The van der Waals surface area contributed by atoms with Gasteiger partial charge in [0.1, 0.15) is 19.8 Å². The predicted octanol–water partition coefficient (Wildman–Crippen LogP) is 16.5. The van der Waals surface area contributed by atoms with Crippen LogP contribution in [0.2, 0.25) is 0 Å². The minimum atomic E-state index is -4.40. The third-order valence-electron chi connectivity index (χ3n) is 11.1. The number of nitrogens with zero attached hydrogens (tertiary/aromatic N) is 1. The summed E-state index contributed by atoms with van der Waals surface area (Å²) in [7, 11) is 1.44. The first kappa shape index (κ1) is 64.9. The second-order valence-electron chi connectivity index (χ2n) is 18.9. The first-order valence-electron chi connectivity index (χ1n) is 27.0. The van der Waals surface area contributed by atoms with E-state index in [4.69, 9.17) is 18.5 Å². The van der Waals surface area contributed by atoms with Crippen LogP contribution in [0, 0.1) is 0 Å². The molecule has 0 aromatic carbocycles. The third-order valence-corrected chi connectivity index (χ3v) is 12.1. The molecule has 2 unspecified atom stereocenters. The largest absolute Gasteiger partial charge is 0.472 e. The molecule has 0 saturated carbocycles. The molecule has 0 fully saturated rings. The normalized spacial score (nSPS) is 14.1. The van der Waals surface area contributed by atoms with Crippen LogP contribution in [-0.4, -0.2) is 74.9 Å². The van der Waals surface area contributed by atoms with Crippen molar-refractivity contribution in [2.24, 2.45) is 0 Å². The van der Waals surface area contributed by atoms with Crippen LogP contribution >= 0.6 is 7.82 Å². The van der Waals surface area contributed by atoms with Crippen molar-refractivity contribution in [3.63, 3.8) is 0 Å². The number of ether oxygens (including phenoxy) is 2. The zero-order valence-electron chi connectivity index (χ0n) is 44.1. The molecule has 0 aliphatic heterocycles. The van der Waals surface area contributed by atoms with E-state index in [-0.39, 0.29) is 32.0 Å². The van der Waals surface area contributed by atoms with Crippen LogP contribution in [0.15, 0.2) is 97.2 Å². The van der Waals surface area contributed by atoms with Crippen LogP contribution in [0.25, 0.3) is 0 Å². The standard InChI is InChI=1S/C58H100NO8P/c1-6-8-10-12-14-16-18-20-22-24-26-27-28-29-30-31-33-35-37-39-41-43-45-47-49-51-58(61)67-56(55-66-68(62,63)65-53-52-59(3,4)5)54-64-57(60)50-48-46-44-42-40-38-36-34-32-25-23-21-19-17-15-13-11-9-7-2/h8,10,14,16,20-23,26-27,29-30,33,35,39,41,56H,6-7,9,11-13,15,17-19,24-25,28,31-32,34,36-38,40,42-55H2,1-5H3/p+1/b10-8-,16-14-,22-20-,23-21-,27-26-,30-29-,35-33-,41-39-. The fraction of sp³-hybridized carbons (Fsp3) is 0.690. The number of carbonyl (C=O) groups is 2. The Hall–Kier alpha value is -3.07. The highest BCUT2D eigenvalue weighted by Gasteiger charge is 2.27. The zero-order chi connectivity index (χ0) is 49.9. The Kier molecular flexibility index (Phi) is 46.7. The molecule has 9 nitrogen and oxygen atoms in total. The quantitative estimate of drug-likeness (QED) is 0.0211. The molecule has 0 aliphatic rings. The Morgan fingerprint density at radius 3 is 1.28 bits per heavy atom. The number of esters is 2. The molecule has 68 heavy (non-hydrogen) atoms. The molecular weight excluding hydrogens is 870 g/mol. The van der Waals surface area contributed by atoms with E-state index in [1.807, 2.05) is 21.1 Å². The smallest absolute Gasteiger partial charge is 0.462 e. The lowest BCUT2D eigenvalue weighted by atomic mass is 10.1. The van der Waals surface area contributed by atoms with E-state index in [0.29, 0.717) is 17.4 Å². The maximum atomic E-state index is 12.8. The number of quaternary nitrogens is 1. The molecule has 0 aromatic heterocycles. The summed E-state index contributed by atoms with van der Waals surface area (Å²) in [5.41, 5.74) is 0. The second-order valence-corrected chi connectivity index (χ2v) is 20.3. The fourth-order valence-corrected chi connectivity index (χ4v) is 7.67. The third kappa shape index (κ3) is 52.3. The molecule has 1 N–H and O–H groups in total. The summed E-state index contributed by atoms with van der Waals surface area (Å²) in [6.07, 6.45) is 66.0. The van der Waals surface area contributed by atoms with E-state index < -0.39 is 26.5 Å². The van der Waals surface area contributed by atoms with E-state index in [9.17, 15) is 19.0 Å². The number of phosphoric acid groups is 1. The first-order valence-corrected chi connectivity index (χ1v) is 28.5. The van der Waals surface area contributed by atoms with Gasteiger partial charge in [-0.25, -0.2) is 4.57 Å². The van der Waals surface area contributed by atoms with Crippen molar-refractivity contribution < 1.29 is 42.1 Å². The summed E-state index contributed by atoms with van der Waals surface area (Å²) in [4.78, 5) is 35.6. The lowest BCUT2D eigenvalue weighted by molar-refractivity contribution is -0.870. The Balaban J connectivity index is 4.33. The van der Waals surface area contributed by atoms with Crippen LogP contribution in [0.4, 0.5) is 0 Å². The predicted molar refractivity (Wildman–Crippen MR) is 288 cm³/mol. The maximum Gasteiger partial charge on any atom is 0.472 e. The first-order chi connectivity index (χ1) is 33.0. The summed E-state index contributed by atoms with van der Waals surface area (Å²) < 4.78 is 34.5. The van der Waals surface area contributed by atoms with Gasteiger partial charge in [-0.05, 0) is 96.3 Å². The second kappa shape index (κ2) is 48.9. The topological polar surface area (TPSA) is 108 Å². The lowest BCUT2D eigenvalue weighted by Gasteiger charge is -2.24. The van der Waals surface area contributed by atoms with Crippen molar-refractivity contribution >= 4 is 19.8 Å². The molecule has 0 saturated heterocycles. The highest BCUT2D eigenvalue weighted by Crippen LogP contribution is 2.43. The minimum absolute atomic E-state index is 0.0195. The Morgan fingerprint density at radius 2 is 0.838 bits per heavy atom. The maximum absolute atomic E-state index is 12.8. The van der Waals surface area contributed by atoms with Gasteiger partial charge in [0, 0.05) is 12.8 Å². The SMILES string of the molecule is CC/C=C\C/C=C\C/C=C\C/C=C\C/C=C\C/C=C\C/C=C\CCCCCC(=O)OC(COC(=O)CCCCCCCCCCC/C=C\CCCCCCCC)COP(=O)(O)OCC[N+](C)(C)C. The molecule has 2 atom stereocenters. The van der Waals surface area contributed by atoms with Crippen LogP contribution in [0.1, 0.15) is 206 Å². The number of unbranched alkanes of at least 4 members (excludes halogenated alkanes) is 18. The van der Waals surface area contributed by atoms with Gasteiger partial charge < -0.3 is 18.9 Å². The molecule has 0 spiro atoms. The van der Waals surface area contributed by atoms with Crippen LogP contribution in [-0.2, 0) is 32.7 Å². The molecular formula is C58H101NO8P+. The van der Waals surface area contributed by atoms with Gasteiger partial charge in [-0.2, -0.15) is 0 Å². The van der Waals surface area contributed by atoms with E-state index in [2.05, 4.69) is 111 Å². The highest BCUT2D eigenvalue weighted by molar-refractivity contribution is 7.47. The molecule has 0 bridgehead atoms. The Labute approximate surface area is 417 Å². The van der Waals surface area contributed by atoms with Crippen molar-refractivity contribution in [2.45, 2.75) is 213 Å². The van der Waals surface area contributed by atoms with Gasteiger partial charge in [-0.3, -0.25) is 18.6 Å². The zero-order valence-corrected chi connectivity index (χ0v) is 45.0. The molecule has 390 valence electrons. The van der Waals surface area contributed by atoms with Crippen molar-refractivity contribution in [1.82, 2.24) is 0 Å². The monoisotopic (exact) mass is 971 g/mol. The fourth-order valence-electron chi connectivity index (χ4n) is 6.93. The van der Waals surface area contributed by atoms with Gasteiger partial charge in [-0.15, -0.1) is 0 Å². The van der Waals surface area contributed by atoms with E-state index in [1.165, 1.54) is 89.9 Å². The molecule has 10 heteroatoms. The van der Waals surface area contributed by atoms with Crippen LogP contribution in [0.3, 0.4) is 0 Å². The molecule has 0 rings (SSSR count). The summed E-state index contributed by atoms with van der Waals surface area (Å²) in [5.74, 6) is -0.843. The molecule has 0 aliphatic carbocycles. The van der Waals surface area contributed by atoms with Gasteiger partial charge in [0.15, 0.2) is 6.10 Å². The van der Waals surface area contributed by atoms with Crippen molar-refractivity contribution in [3.8, 4) is 0 Å². The van der Waals surface area contributed by atoms with Crippen LogP contribution in [0.5, 0.6) is 0 Å². The summed E-state index contributed by atoms with van der Waals surface area (Å²) in [6, 6.07) is 0. The van der Waals surface area contributed by atoms with Crippen LogP contribution < -0.4 is 0 Å². The number of allylic oxidation sites excluding steroid dienone is 16. The molecule has 0 amide bonds. The highest BCUT2D eigenvalue weighted by atomic mass is 31.2. The number of hydrogen-bond acceptors (Lipinski definition) is 7. The van der Waals surface area contributed by atoms with Gasteiger partial charge >= 0.3 is 19.8 Å². The number of hydrogen-bond donors (Lipinski definition) is 1. The van der Waals surface area contributed by atoms with Gasteiger partial charge in [0.25, 0.3) is 0 Å². The summed E-state index contributed by atoms with van der Waals surface area (Å²) in [5, 5.41) is 0. The van der Waals surface area contributed by atoms with E-state index >= 15 is 0 Å². The number of rotatable bonds is 48. The van der Waals surface area contributed by atoms with Gasteiger partial charge in [0.2, 0.25) is 0 Å². The Bertz CT molecular complexity index is 1470. The van der Waals surface area contributed by atoms with Crippen molar-refractivity contribution in [1.29, 1.82) is 0 Å². The minimum Gasteiger partial charge on any atom is -0.462 e. The van der Waals surface area contributed by atoms with Crippen molar-refractivity contribution in [2.75, 3.05) is 47.5 Å². The van der Waals surface area contributed by atoms with Gasteiger partial charge in [0.05, 0.1) is 27.7 Å². The van der Waals surface area contributed by atoms with Gasteiger partial charge in [-0.1, -0.05) is 195 Å². The van der Waals surface area contributed by atoms with Crippen molar-refractivity contribution in [3.05, 3.63) is 97.2 Å². The number of carbonyl (C=O) groups excluding carboxylic acids is 2. The Morgan fingerprint density at radius 1 is 0.471 bits per heavy atom. The average molecular weight is 971 g/mol. The number of likely N-dealkylation sites (N-methyl/N-ethyl adjacent to an activating group) is 1.